The fourth-order valence-electron chi connectivity index (χ4n) is 1.55. The molecular weight excluding hydrogens is 222 g/mol. The zero-order valence-electron chi connectivity index (χ0n) is 9.20. The Morgan fingerprint density at radius 3 is 2.94 bits per heavy atom. The minimum Gasteiger partial charge on any atom is -0.348 e. The third kappa shape index (κ3) is 2.14. The van der Waals surface area contributed by atoms with Gasteiger partial charge in [-0.3, -0.25) is 9.89 Å². The number of amides is 1. The lowest BCUT2D eigenvalue weighted by Crippen LogP contribution is -2.23. The minimum atomic E-state index is -0.0741. The number of carbonyl (C=O) groups excluding carboxylic acids is 1. The SMILES string of the molecule is Cc1n[nH]c(C)c1C(=O)NCc1ccsc1. The van der Waals surface area contributed by atoms with Crippen LogP contribution < -0.4 is 5.32 Å². The number of hydrogen-bond acceptors (Lipinski definition) is 3. The van der Waals surface area contributed by atoms with E-state index in [1.165, 1.54) is 0 Å². The number of nitrogens with zero attached hydrogens (tertiary/aromatic N) is 1. The van der Waals surface area contributed by atoms with Gasteiger partial charge in [0.05, 0.1) is 11.3 Å². The van der Waals surface area contributed by atoms with Crippen LogP contribution in [0.15, 0.2) is 16.8 Å². The summed E-state index contributed by atoms with van der Waals surface area (Å²) in [6, 6.07) is 2.00. The molecule has 84 valence electrons. The molecule has 0 bridgehead atoms. The van der Waals surface area contributed by atoms with Crippen LogP contribution in [0.1, 0.15) is 27.3 Å². The first-order valence-corrected chi connectivity index (χ1v) is 5.93. The van der Waals surface area contributed by atoms with Crippen LogP contribution in [0.25, 0.3) is 0 Å². The van der Waals surface area contributed by atoms with Crippen LogP contribution in [-0.4, -0.2) is 16.1 Å². The van der Waals surface area contributed by atoms with Gasteiger partial charge in [0.1, 0.15) is 0 Å². The maximum atomic E-state index is 11.9. The second-order valence-corrected chi connectivity index (χ2v) is 4.40. The normalized spacial score (nSPS) is 10.4. The Balaban J connectivity index is 2.04. The van der Waals surface area contributed by atoms with E-state index in [4.69, 9.17) is 0 Å². The maximum absolute atomic E-state index is 11.9. The molecule has 0 fully saturated rings. The Hall–Kier alpha value is -1.62. The molecule has 16 heavy (non-hydrogen) atoms. The van der Waals surface area contributed by atoms with Gasteiger partial charge in [-0.05, 0) is 36.2 Å². The number of aromatic nitrogens is 2. The van der Waals surface area contributed by atoms with E-state index < -0.39 is 0 Å². The zero-order valence-corrected chi connectivity index (χ0v) is 10.0. The van der Waals surface area contributed by atoms with Gasteiger partial charge in [-0.25, -0.2) is 0 Å². The Bertz CT molecular complexity index is 468. The summed E-state index contributed by atoms with van der Waals surface area (Å²) in [6.45, 7) is 4.23. The van der Waals surface area contributed by atoms with Gasteiger partial charge in [0.15, 0.2) is 0 Å². The van der Waals surface area contributed by atoms with Crippen LogP contribution in [-0.2, 0) is 6.54 Å². The predicted octanol–water partition coefficient (Wildman–Crippen LogP) is 2.02. The molecular formula is C11H13N3OS. The van der Waals surface area contributed by atoms with E-state index in [2.05, 4.69) is 15.5 Å². The number of aromatic amines is 1. The van der Waals surface area contributed by atoms with Gasteiger partial charge in [-0.15, -0.1) is 0 Å². The monoisotopic (exact) mass is 235 g/mol. The number of rotatable bonds is 3. The van der Waals surface area contributed by atoms with E-state index in [0.29, 0.717) is 12.1 Å². The average molecular weight is 235 g/mol. The van der Waals surface area contributed by atoms with Crippen molar-refractivity contribution in [1.82, 2.24) is 15.5 Å². The Morgan fingerprint density at radius 1 is 1.56 bits per heavy atom. The van der Waals surface area contributed by atoms with Crippen molar-refractivity contribution in [2.75, 3.05) is 0 Å². The number of carbonyl (C=O) groups is 1. The Morgan fingerprint density at radius 2 is 2.38 bits per heavy atom. The summed E-state index contributed by atoms with van der Waals surface area (Å²) in [5.74, 6) is -0.0741. The summed E-state index contributed by atoms with van der Waals surface area (Å²) >= 11 is 1.63. The summed E-state index contributed by atoms with van der Waals surface area (Å²) in [4.78, 5) is 11.9. The van der Waals surface area contributed by atoms with Crippen molar-refractivity contribution in [3.05, 3.63) is 39.3 Å². The predicted molar refractivity (Wildman–Crippen MR) is 63.6 cm³/mol. The van der Waals surface area contributed by atoms with Crippen molar-refractivity contribution < 1.29 is 4.79 Å². The first-order chi connectivity index (χ1) is 7.68. The molecule has 4 nitrogen and oxygen atoms in total. The molecule has 0 radical (unpaired) electrons. The van der Waals surface area contributed by atoms with Crippen molar-refractivity contribution in [3.63, 3.8) is 0 Å². The van der Waals surface area contributed by atoms with Crippen LogP contribution >= 0.6 is 11.3 Å². The molecule has 0 atom stereocenters. The van der Waals surface area contributed by atoms with E-state index in [1.807, 2.05) is 30.7 Å². The smallest absolute Gasteiger partial charge is 0.255 e. The molecule has 0 aliphatic carbocycles. The molecule has 0 unspecified atom stereocenters. The van der Waals surface area contributed by atoms with Crippen molar-refractivity contribution >= 4 is 17.2 Å². The number of hydrogen-bond donors (Lipinski definition) is 2. The molecule has 5 heteroatoms. The molecule has 0 saturated heterocycles. The van der Waals surface area contributed by atoms with E-state index >= 15 is 0 Å². The quantitative estimate of drug-likeness (QED) is 0.855. The number of thiophene rings is 1. The maximum Gasteiger partial charge on any atom is 0.255 e. The standard InChI is InChI=1S/C11H13N3OS/c1-7-10(8(2)14-13-7)11(15)12-5-9-3-4-16-6-9/h3-4,6H,5H2,1-2H3,(H,12,15)(H,13,14). The summed E-state index contributed by atoms with van der Waals surface area (Å²) in [7, 11) is 0. The summed E-state index contributed by atoms with van der Waals surface area (Å²) < 4.78 is 0. The second kappa shape index (κ2) is 4.49. The van der Waals surface area contributed by atoms with Crippen molar-refractivity contribution in [1.29, 1.82) is 0 Å². The van der Waals surface area contributed by atoms with Crippen LogP contribution in [0.4, 0.5) is 0 Å². The van der Waals surface area contributed by atoms with Gasteiger partial charge in [0.25, 0.3) is 5.91 Å². The first kappa shape index (κ1) is 10.9. The summed E-state index contributed by atoms with van der Waals surface area (Å²) in [5, 5.41) is 13.7. The molecule has 0 aliphatic heterocycles. The Labute approximate surface area is 97.7 Å². The zero-order chi connectivity index (χ0) is 11.5. The van der Waals surface area contributed by atoms with E-state index in [-0.39, 0.29) is 5.91 Å². The molecule has 1 amide bonds. The molecule has 0 aromatic carbocycles. The summed E-state index contributed by atoms with van der Waals surface area (Å²) in [6.07, 6.45) is 0. The van der Waals surface area contributed by atoms with Gasteiger partial charge < -0.3 is 5.32 Å². The number of aryl methyl sites for hydroxylation is 2. The van der Waals surface area contributed by atoms with E-state index in [9.17, 15) is 4.79 Å². The number of H-pyrrole nitrogens is 1. The van der Waals surface area contributed by atoms with Gasteiger partial charge >= 0.3 is 0 Å². The number of nitrogens with one attached hydrogen (secondary N) is 2. The van der Waals surface area contributed by atoms with Gasteiger partial charge in [-0.2, -0.15) is 16.4 Å². The van der Waals surface area contributed by atoms with Crippen molar-refractivity contribution in [2.24, 2.45) is 0 Å². The highest BCUT2D eigenvalue weighted by atomic mass is 32.1. The topological polar surface area (TPSA) is 57.8 Å². The van der Waals surface area contributed by atoms with Crippen LogP contribution in [0.2, 0.25) is 0 Å². The van der Waals surface area contributed by atoms with Crippen LogP contribution in [0.5, 0.6) is 0 Å². The summed E-state index contributed by atoms with van der Waals surface area (Å²) in [5.41, 5.74) is 3.31. The molecule has 0 saturated carbocycles. The Kier molecular flexibility index (Phi) is 3.05. The van der Waals surface area contributed by atoms with Crippen molar-refractivity contribution in [2.45, 2.75) is 20.4 Å². The average Bonchev–Trinajstić information content (AvgIpc) is 2.86. The van der Waals surface area contributed by atoms with E-state index in [0.717, 1.165) is 17.0 Å². The van der Waals surface area contributed by atoms with E-state index in [1.54, 1.807) is 11.3 Å². The molecule has 2 heterocycles. The minimum absolute atomic E-state index is 0.0741. The molecule has 2 N–H and O–H groups in total. The third-order valence-corrected chi connectivity index (χ3v) is 3.12. The van der Waals surface area contributed by atoms with Crippen LogP contribution in [0, 0.1) is 13.8 Å². The highest BCUT2D eigenvalue weighted by Crippen LogP contribution is 2.10. The first-order valence-electron chi connectivity index (χ1n) is 4.99. The molecule has 0 spiro atoms. The second-order valence-electron chi connectivity index (χ2n) is 3.62. The largest absolute Gasteiger partial charge is 0.348 e. The highest BCUT2D eigenvalue weighted by molar-refractivity contribution is 7.07. The molecule has 0 aliphatic rings. The fraction of sp³-hybridized carbons (Fsp3) is 0.273. The lowest BCUT2D eigenvalue weighted by atomic mass is 10.2. The lowest BCUT2D eigenvalue weighted by molar-refractivity contribution is 0.0950. The molecule has 2 rings (SSSR count). The highest BCUT2D eigenvalue weighted by Gasteiger charge is 2.14. The molecule has 2 aromatic heterocycles. The van der Waals surface area contributed by atoms with Gasteiger partial charge in [-0.1, -0.05) is 0 Å². The third-order valence-electron chi connectivity index (χ3n) is 2.39. The fourth-order valence-corrected chi connectivity index (χ4v) is 2.22. The lowest BCUT2D eigenvalue weighted by Gasteiger charge is -2.03. The van der Waals surface area contributed by atoms with Crippen molar-refractivity contribution in [3.8, 4) is 0 Å². The molecule has 2 aromatic rings. The van der Waals surface area contributed by atoms with Gasteiger partial charge in [0.2, 0.25) is 0 Å². The van der Waals surface area contributed by atoms with Crippen LogP contribution in [0.3, 0.4) is 0 Å². The van der Waals surface area contributed by atoms with Gasteiger partial charge in [0, 0.05) is 12.2 Å².